The van der Waals surface area contributed by atoms with Gasteiger partial charge in [-0.15, -0.1) is 0 Å². The fourth-order valence-electron chi connectivity index (χ4n) is 3.69. The van der Waals surface area contributed by atoms with Gasteiger partial charge in [0.05, 0.1) is 6.54 Å². The van der Waals surface area contributed by atoms with Gasteiger partial charge in [0.2, 0.25) is 17.6 Å². The highest BCUT2D eigenvalue weighted by Crippen LogP contribution is 2.28. The minimum absolute atomic E-state index is 0.0148. The van der Waals surface area contributed by atoms with E-state index < -0.39 is 0 Å². The summed E-state index contributed by atoms with van der Waals surface area (Å²) in [4.78, 5) is 23.4. The minimum atomic E-state index is 0.0148. The molecule has 1 fully saturated rings. The lowest BCUT2D eigenvalue weighted by Crippen LogP contribution is -2.38. The number of pyridine rings is 1. The predicted molar refractivity (Wildman–Crippen MR) is 115 cm³/mol. The number of anilines is 1. The van der Waals surface area contributed by atoms with Crippen LogP contribution in [0.4, 0.5) is 5.69 Å². The molecule has 1 saturated heterocycles. The van der Waals surface area contributed by atoms with E-state index in [1.807, 2.05) is 30.3 Å². The number of nitrogens with zero attached hydrogens (tertiary/aromatic N) is 4. The van der Waals surface area contributed by atoms with Crippen molar-refractivity contribution in [1.29, 1.82) is 0 Å². The van der Waals surface area contributed by atoms with E-state index in [9.17, 15) is 4.79 Å². The lowest BCUT2D eigenvalue weighted by atomic mass is 9.97. The van der Waals surface area contributed by atoms with Gasteiger partial charge in [-0.2, -0.15) is 4.98 Å². The van der Waals surface area contributed by atoms with Gasteiger partial charge in [0.15, 0.2) is 0 Å². The van der Waals surface area contributed by atoms with Crippen LogP contribution in [0, 0.1) is 0 Å². The van der Waals surface area contributed by atoms with E-state index in [0.717, 1.165) is 31.6 Å². The number of amides is 1. The molecule has 3 heterocycles. The average Bonchev–Trinajstić information content (AvgIpc) is 3.25. The summed E-state index contributed by atoms with van der Waals surface area (Å²) < 4.78 is 5.48. The molecule has 1 amide bonds. The van der Waals surface area contributed by atoms with Crippen molar-refractivity contribution in [1.82, 2.24) is 20.0 Å². The van der Waals surface area contributed by atoms with Crippen LogP contribution in [0.3, 0.4) is 0 Å². The summed E-state index contributed by atoms with van der Waals surface area (Å²) in [5.41, 5.74) is 2.82. The first-order valence-corrected chi connectivity index (χ1v) is 10.5. The molecule has 0 spiro atoms. The van der Waals surface area contributed by atoms with Crippen molar-refractivity contribution >= 4 is 11.6 Å². The Bertz CT molecular complexity index is 961. The van der Waals surface area contributed by atoms with Crippen molar-refractivity contribution in [2.75, 3.05) is 25.0 Å². The summed E-state index contributed by atoms with van der Waals surface area (Å²) in [6, 6.07) is 13.7. The number of carbonyl (C=O) groups is 1. The summed E-state index contributed by atoms with van der Waals surface area (Å²) in [5.74, 6) is 1.90. The molecule has 4 rings (SSSR count). The number of nitrogens with one attached hydrogen (secondary N) is 1. The predicted octanol–water partition coefficient (Wildman–Crippen LogP) is 4.07. The second kappa shape index (κ2) is 9.17. The van der Waals surface area contributed by atoms with Gasteiger partial charge in [0.1, 0.15) is 5.69 Å². The lowest BCUT2D eigenvalue weighted by molar-refractivity contribution is -0.117. The van der Waals surface area contributed by atoms with Crippen LogP contribution in [0.2, 0.25) is 0 Å². The highest BCUT2D eigenvalue weighted by molar-refractivity contribution is 5.92. The van der Waals surface area contributed by atoms with Crippen LogP contribution in [-0.2, 0) is 4.79 Å². The molecule has 1 aromatic carbocycles. The maximum absolute atomic E-state index is 12.4. The maximum atomic E-state index is 12.4. The van der Waals surface area contributed by atoms with Gasteiger partial charge in [0.25, 0.3) is 0 Å². The van der Waals surface area contributed by atoms with Crippen molar-refractivity contribution in [2.24, 2.45) is 0 Å². The molecule has 156 valence electrons. The number of piperidine rings is 1. The van der Waals surface area contributed by atoms with E-state index >= 15 is 0 Å². The molecule has 1 aliphatic rings. The minimum Gasteiger partial charge on any atom is -0.339 e. The molecule has 1 aliphatic heterocycles. The fraction of sp³-hybridized carbons (Fsp3) is 0.391. The fourth-order valence-corrected chi connectivity index (χ4v) is 3.69. The van der Waals surface area contributed by atoms with E-state index in [2.05, 4.69) is 51.3 Å². The van der Waals surface area contributed by atoms with Gasteiger partial charge < -0.3 is 9.84 Å². The smallest absolute Gasteiger partial charge is 0.238 e. The number of hydrogen-bond donors (Lipinski definition) is 1. The van der Waals surface area contributed by atoms with Crippen molar-refractivity contribution in [3.63, 3.8) is 0 Å². The number of hydrogen-bond acceptors (Lipinski definition) is 6. The summed E-state index contributed by atoms with van der Waals surface area (Å²) in [6.07, 6.45) is 3.49. The topological polar surface area (TPSA) is 84.2 Å². The van der Waals surface area contributed by atoms with Gasteiger partial charge in [0, 0.05) is 17.8 Å². The van der Waals surface area contributed by atoms with Gasteiger partial charge in [-0.25, -0.2) is 0 Å². The number of carbonyl (C=O) groups excluding carboxylic acids is 1. The molecule has 0 aliphatic carbocycles. The Kier molecular flexibility index (Phi) is 6.18. The van der Waals surface area contributed by atoms with Crippen LogP contribution in [0.1, 0.15) is 50.0 Å². The molecule has 7 heteroatoms. The van der Waals surface area contributed by atoms with Crippen LogP contribution in [0.15, 0.2) is 53.2 Å². The average molecular weight is 406 g/mol. The van der Waals surface area contributed by atoms with Crippen molar-refractivity contribution in [3.05, 3.63) is 60.1 Å². The Morgan fingerprint density at radius 2 is 1.93 bits per heavy atom. The third kappa shape index (κ3) is 4.91. The largest absolute Gasteiger partial charge is 0.339 e. The molecule has 0 radical (unpaired) electrons. The van der Waals surface area contributed by atoms with Crippen LogP contribution in [-0.4, -0.2) is 45.6 Å². The molecule has 3 aromatic rings. The van der Waals surface area contributed by atoms with Crippen molar-refractivity contribution in [2.45, 2.75) is 38.5 Å². The first-order valence-electron chi connectivity index (χ1n) is 10.5. The van der Waals surface area contributed by atoms with E-state index in [1.54, 1.807) is 6.20 Å². The molecule has 0 bridgehead atoms. The second-order valence-electron chi connectivity index (χ2n) is 8.05. The second-order valence-corrected chi connectivity index (χ2v) is 8.05. The molecule has 0 atom stereocenters. The summed E-state index contributed by atoms with van der Waals surface area (Å²) >= 11 is 0. The zero-order chi connectivity index (χ0) is 20.9. The Morgan fingerprint density at radius 3 is 2.60 bits per heavy atom. The van der Waals surface area contributed by atoms with E-state index in [-0.39, 0.29) is 11.8 Å². The molecule has 7 nitrogen and oxygen atoms in total. The molecular formula is C23H27N5O2. The Balaban J connectivity index is 1.26. The van der Waals surface area contributed by atoms with Gasteiger partial charge in [-0.3, -0.25) is 14.7 Å². The molecule has 0 saturated carbocycles. The monoisotopic (exact) mass is 405 g/mol. The Hall–Kier alpha value is -3.06. The first-order chi connectivity index (χ1) is 14.6. The summed E-state index contributed by atoms with van der Waals surface area (Å²) in [6.45, 7) is 6.36. The molecule has 1 N–H and O–H groups in total. The Labute approximate surface area is 176 Å². The third-order valence-electron chi connectivity index (χ3n) is 5.50. The van der Waals surface area contributed by atoms with Crippen LogP contribution < -0.4 is 5.32 Å². The quantitative estimate of drug-likeness (QED) is 0.665. The maximum Gasteiger partial charge on any atom is 0.238 e. The highest BCUT2D eigenvalue weighted by atomic mass is 16.5. The highest BCUT2D eigenvalue weighted by Gasteiger charge is 2.26. The van der Waals surface area contributed by atoms with Gasteiger partial charge in [-0.1, -0.05) is 37.2 Å². The zero-order valence-corrected chi connectivity index (χ0v) is 17.4. The first kappa shape index (κ1) is 20.2. The zero-order valence-electron chi connectivity index (χ0n) is 17.4. The molecule has 2 aromatic heterocycles. The van der Waals surface area contributed by atoms with Crippen LogP contribution in [0.5, 0.6) is 0 Å². The number of aromatic nitrogens is 3. The lowest BCUT2D eigenvalue weighted by Gasteiger charge is -2.29. The third-order valence-corrected chi connectivity index (χ3v) is 5.50. The van der Waals surface area contributed by atoms with Crippen molar-refractivity contribution in [3.8, 4) is 11.5 Å². The molecule has 30 heavy (non-hydrogen) atoms. The van der Waals surface area contributed by atoms with Crippen LogP contribution in [0.25, 0.3) is 11.5 Å². The normalized spacial score (nSPS) is 15.4. The summed E-state index contributed by atoms with van der Waals surface area (Å²) in [5, 5.41) is 7.06. The number of likely N-dealkylation sites (tertiary alicyclic amines) is 1. The van der Waals surface area contributed by atoms with Crippen LogP contribution >= 0.6 is 0 Å². The molecule has 0 unspecified atom stereocenters. The van der Waals surface area contributed by atoms with Gasteiger partial charge in [-0.05, 0) is 61.7 Å². The number of benzene rings is 1. The number of rotatable bonds is 6. The van der Waals surface area contributed by atoms with E-state index in [1.165, 1.54) is 5.56 Å². The van der Waals surface area contributed by atoms with E-state index in [0.29, 0.717) is 29.9 Å². The Morgan fingerprint density at radius 1 is 1.17 bits per heavy atom. The summed E-state index contributed by atoms with van der Waals surface area (Å²) in [7, 11) is 0. The van der Waals surface area contributed by atoms with E-state index in [4.69, 9.17) is 4.52 Å². The van der Waals surface area contributed by atoms with Crippen molar-refractivity contribution < 1.29 is 9.32 Å². The SMILES string of the molecule is CC(C)c1ccc(NC(=O)CN2CCC(c3nc(-c4ccccn4)no3)CC2)cc1. The molecular weight excluding hydrogens is 378 g/mol. The standard InChI is InChI=1S/C23H27N5O2/c1-16(2)17-6-8-19(9-7-17)25-21(29)15-28-13-10-18(11-14-28)23-26-22(27-30-23)20-5-3-4-12-24-20/h3-9,12,16,18H,10-11,13-15H2,1-2H3,(H,25,29). The van der Waals surface area contributed by atoms with Gasteiger partial charge >= 0.3 is 0 Å².